The maximum absolute atomic E-state index is 12.2. The van der Waals surface area contributed by atoms with Gasteiger partial charge in [0, 0.05) is 6.54 Å². The first kappa shape index (κ1) is 18.1. The number of hydrogen-bond acceptors (Lipinski definition) is 4. The Morgan fingerprint density at radius 2 is 1.71 bits per heavy atom. The second-order valence-corrected chi connectivity index (χ2v) is 6.46. The van der Waals surface area contributed by atoms with E-state index >= 15 is 0 Å². The summed E-state index contributed by atoms with van der Waals surface area (Å²) in [4.78, 5) is -0.167. The van der Waals surface area contributed by atoms with Crippen LogP contribution in [0.1, 0.15) is 5.56 Å². The van der Waals surface area contributed by atoms with Gasteiger partial charge in [0.05, 0.1) is 12.0 Å². The topological polar surface area (TPSA) is 64.6 Å². The molecule has 9 heteroatoms. The SMILES string of the molecule is COc1cccc(CNS(=O)(=O)c2ccc(OC(F)(F)F)cc2)c1. The molecule has 0 spiro atoms. The Labute approximate surface area is 137 Å². The summed E-state index contributed by atoms with van der Waals surface area (Å²) in [5.74, 6) is 0.0922. The van der Waals surface area contributed by atoms with Gasteiger partial charge in [-0.1, -0.05) is 12.1 Å². The van der Waals surface area contributed by atoms with Crippen molar-refractivity contribution in [3.8, 4) is 11.5 Å². The quantitative estimate of drug-likeness (QED) is 0.859. The Bertz CT molecular complexity index is 789. The minimum absolute atomic E-state index is 0.0142. The van der Waals surface area contributed by atoms with Crippen LogP contribution in [0.5, 0.6) is 11.5 Å². The molecule has 0 aliphatic carbocycles. The number of nitrogens with one attached hydrogen (secondary N) is 1. The van der Waals surface area contributed by atoms with Crippen molar-refractivity contribution in [1.29, 1.82) is 0 Å². The third-order valence-corrected chi connectivity index (χ3v) is 4.39. The Morgan fingerprint density at radius 3 is 2.29 bits per heavy atom. The first-order valence-electron chi connectivity index (χ1n) is 6.68. The minimum atomic E-state index is -4.83. The van der Waals surface area contributed by atoms with Gasteiger partial charge in [-0.25, -0.2) is 13.1 Å². The molecule has 0 fully saturated rings. The highest BCUT2D eigenvalue weighted by Crippen LogP contribution is 2.24. The predicted molar refractivity (Wildman–Crippen MR) is 80.1 cm³/mol. The molecule has 130 valence electrons. The van der Waals surface area contributed by atoms with E-state index in [1.165, 1.54) is 7.11 Å². The summed E-state index contributed by atoms with van der Waals surface area (Å²) in [6, 6.07) is 10.8. The molecule has 0 saturated heterocycles. The fourth-order valence-corrected chi connectivity index (χ4v) is 2.88. The van der Waals surface area contributed by atoms with Gasteiger partial charge < -0.3 is 9.47 Å². The zero-order valence-electron chi connectivity index (χ0n) is 12.5. The van der Waals surface area contributed by atoms with Crippen molar-refractivity contribution in [2.24, 2.45) is 0 Å². The molecule has 1 N–H and O–H groups in total. The molecule has 0 bridgehead atoms. The lowest BCUT2D eigenvalue weighted by Gasteiger charge is -2.10. The average Bonchev–Trinajstić information content (AvgIpc) is 2.52. The fourth-order valence-electron chi connectivity index (χ4n) is 1.86. The van der Waals surface area contributed by atoms with Crippen molar-refractivity contribution >= 4 is 10.0 Å². The zero-order valence-corrected chi connectivity index (χ0v) is 13.3. The van der Waals surface area contributed by atoms with E-state index < -0.39 is 22.1 Å². The first-order valence-corrected chi connectivity index (χ1v) is 8.16. The lowest BCUT2D eigenvalue weighted by molar-refractivity contribution is -0.274. The number of alkyl halides is 3. The van der Waals surface area contributed by atoms with E-state index in [9.17, 15) is 21.6 Å². The average molecular weight is 361 g/mol. The Morgan fingerprint density at radius 1 is 1.04 bits per heavy atom. The van der Waals surface area contributed by atoms with Gasteiger partial charge in [0.2, 0.25) is 10.0 Å². The minimum Gasteiger partial charge on any atom is -0.497 e. The molecule has 0 aliphatic rings. The number of ether oxygens (including phenoxy) is 2. The van der Waals surface area contributed by atoms with Gasteiger partial charge in [-0.15, -0.1) is 13.2 Å². The van der Waals surface area contributed by atoms with Crippen LogP contribution in [0.25, 0.3) is 0 Å². The molecule has 0 unspecified atom stereocenters. The molecule has 2 aromatic carbocycles. The normalized spacial score (nSPS) is 12.0. The molecule has 0 amide bonds. The maximum Gasteiger partial charge on any atom is 0.573 e. The van der Waals surface area contributed by atoms with Crippen LogP contribution in [0.2, 0.25) is 0 Å². The highest BCUT2D eigenvalue weighted by molar-refractivity contribution is 7.89. The van der Waals surface area contributed by atoms with E-state index in [0.29, 0.717) is 11.3 Å². The molecular weight excluding hydrogens is 347 g/mol. The van der Waals surface area contributed by atoms with Gasteiger partial charge in [-0.3, -0.25) is 0 Å². The molecule has 2 aromatic rings. The van der Waals surface area contributed by atoms with E-state index in [2.05, 4.69) is 9.46 Å². The van der Waals surface area contributed by atoms with Gasteiger partial charge in [-0.05, 0) is 42.0 Å². The summed E-state index contributed by atoms with van der Waals surface area (Å²) in [6.45, 7) is 0.0142. The highest BCUT2D eigenvalue weighted by Gasteiger charge is 2.31. The number of hydrogen-bond donors (Lipinski definition) is 1. The lowest BCUT2D eigenvalue weighted by Crippen LogP contribution is -2.23. The van der Waals surface area contributed by atoms with Crippen LogP contribution in [0.4, 0.5) is 13.2 Å². The van der Waals surface area contributed by atoms with Crippen molar-refractivity contribution in [3.63, 3.8) is 0 Å². The van der Waals surface area contributed by atoms with Crippen LogP contribution in [0.15, 0.2) is 53.4 Å². The standard InChI is InChI=1S/C15H14F3NO4S/c1-22-13-4-2-3-11(9-13)10-19-24(20,21)14-7-5-12(6-8-14)23-15(16,17)18/h2-9,19H,10H2,1H3. The monoisotopic (exact) mass is 361 g/mol. The molecule has 0 atom stereocenters. The zero-order chi connectivity index (χ0) is 17.8. The number of sulfonamides is 1. The first-order chi connectivity index (χ1) is 11.2. The predicted octanol–water partition coefficient (Wildman–Crippen LogP) is 3.07. The van der Waals surface area contributed by atoms with E-state index in [1.807, 2.05) is 0 Å². The van der Waals surface area contributed by atoms with E-state index in [0.717, 1.165) is 24.3 Å². The van der Waals surface area contributed by atoms with E-state index in [1.54, 1.807) is 24.3 Å². The summed E-state index contributed by atoms with van der Waals surface area (Å²) in [7, 11) is -2.37. The van der Waals surface area contributed by atoms with Crippen LogP contribution in [0.3, 0.4) is 0 Å². The second kappa shape index (κ2) is 7.10. The Kier molecular flexibility index (Phi) is 5.35. The smallest absolute Gasteiger partial charge is 0.497 e. The molecule has 2 rings (SSSR count). The van der Waals surface area contributed by atoms with Crippen molar-refractivity contribution in [2.45, 2.75) is 17.8 Å². The fraction of sp³-hybridized carbons (Fsp3) is 0.200. The van der Waals surface area contributed by atoms with Gasteiger partial charge in [0.15, 0.2) is 0 Å². The van der Waals surface area contributed by atoms with Crippen LogP contribution in [-0.4, -0.2) is 21.9 Å². The third kappa shape index (κ3) is 5.14. The van der Waals surface area contributed by atoms with Crippen molar-refractivity contribution in [3.05, 3.63) is 54.1 Å². The van der Waals surface area contributed by atoms with Crippen LogP contribution in [-0.2, 0) is 16.6 Å². The summed E-state index contributed by atoms with van der Waals surface area (Å²) in [6.07, 6.45) is -4.83. The lowest BCUT2D eigenvalue weighted by atomic mass is 10.2. The number of benzene rings is 2. The molecule has 24 heavy (non-hydrogen) atoms. The third-order valence-electron chi connectivity index (χ3n) is 2.97. The van der Waals surface area contributed by atoms with Crippen molar-refractivity contribution in [2.75, 3.05) is 7.11 Å². The Balaban J connectivity index is 2.07. The molecule has 0 aliphatic heterocycles. The van der Waals surface area contributed by atoms with Crippen molar-refractivity contribution in [1.82, 2.24) is 4.72 Å². The molecule has 0 saturated carbocycles. The van der Waals surface area contributed by atoms with Gasteiger partial charge in [-0.2, -0.15) is 0 Å². The van der Waals surface area contributed by atoms with Crippen LogP contribution in [0, 0.1) is 0 Å². The second-order valence-electron chi connectivity index (χ2n) is 4.70. The summed E-state index contributed by atoms with van der Waals surface area (Å²) < 4.78 is 71.7. The van der Waals surface area contributed by atoms with E-state index in [-0.39, 0.29) is 11.4 Å². The number of methoxy groups -OCH3 is 1. The maximum atomic E-state index is 12.2. The molecular formula is C15H14F3NO4S. The Hall–Kier alpha value is -2.26. The summed E-state index contributed by atoms with van der Waals surface area (Å²) in [5.41, 5.74) is 0.676. The summed E-state index contributed by atoms with van der Waals surface area (Å²) >= 11 is 0. The molecule has 5 nitrogen and oxygen atoms in total. The van der Waals surface area contributed by atoms with Crippen molar-refractivity contribution < 1.29 is 31.1 Å². The van der Waals surface area contributed by atoms with Crippen LogP contribution >= 0.6 is 0 Å². The van der Waals surface area contributed by atoms with Gasteiger partial charge in [0.1, 0.15) is 11.5 Å². The number of halogens is 3. The number of rotatable bonds is 6. The molecule has 0 heterocycles. The largest absolute Gasteiger partial charge is 0.573 e. The molecule has 0 radical (unpaired) electrons. The van der Waals surface area contributed by atoms with Gasteiger partial charge >= 0.3 is 6.36 Å². The summed E-state index contributed by atoms with van der Waals surface area (Å²) in [5, 5.41) is 0. The van der Waals surface area contributed by atoms with Crippen LogP contribution < -0.4 is 14.2 Å². The molecule has 0 aromatic heterocycles. The highest BCUT2D eigenvalue weighted by atomic mass is 32.2. The van der Waals surface area contributed by atoms with E-state index in [4.69, 9.17) is 4.74 Å². The van der Waals surface area contributed by atoms with Gasteiger partial charge in [0.25, 0.3) is 0 Å².